The van der Waals surface area contributed by atoms with Gasteiger partial charge in [0.15, 0.2) is 0 Å². The molecule has 0 heterocycles. The molecule has 0 spiro atoms. The summed E-state index contributed by atoms with van der Waals surface area (Å²) < 4.78 is 22.5. The quantitative estimate of drug-likeness (QED) is 0.801. The summed E-state index contributed by atoms with van der Waals surface area (Å²) in [5.41, 5.74) is 0.903. The molecule has 0 bridgehead atoms. The third-order valence-corrected chi connectivity index (χ3v) is 3.98. The lowest BCUT2D eigenvalue weighted by Gasteiger charge is -2.23. The molecular weight excluding hydrogens is 274 g/mol. The lowest BCUT2D eigenvalue weighted by atomic mass is 9.88. The summed E-state index contributed by atoms with van der Waals surface area (Å²) in [6.45, 7) is 5.52. The van der Waals surface area contributed by atoms with E-state index in [2.05, 4.69) is 25.2 Å². The van der Waals surface area contributed by atoms with E-state index in [1.54, 1.807) is 12.1 Å². The number of nitrogens with zero attached hydrogens (tertiary/aromatic N) is 1. The van der Waals surface area contributed by atoms with Gasteiger partial charge in [-0.05, 0) is 29.5 Å². The van der Waals surface area contributed by atoms with E-state index in [0.717, 1.165) is 18.5 Å². The molecule has 0 radical (unpaired) electrons. The van der Waals surface area contributed by atoms with Crippen molar-refractivity contribution in [3.05, 3.63) is 29.8 Å². The van der Waals surface area contributed by atoms with Crippen LogP contribution in [0.3, 0.4) is 0 Å². The highest BCUT2D eigenvalue weighted by Crippen LogP contribution is 2.20. The van der Waals surface area contributed by atoms with Gasteiger partial charge < -0.3 is 5.32 Å². The Bertz CT molecular complexity index is 589. The third kappa shape index (κ3) is 5.70. The number of nitrogens with two attached hydrogens (primary N) is 1. The van der Waals surface area contributed by atoms with Crippen molar-refractivity contribution in [1.29, 1.82) is 5.26 Å². The second-order valence-corrected chi connectivity index (χ2v) is 7.18. The topological polar surface area (TPSA) is 96.0 Å². The third-order valence-electron chi connectivity index (χ3n) is 3.07. The van der Waals surface area contributed by atoms with Crippen molar-refractivity contribution in [3.8, 4) is 6.07 Å². The maximum Gasteiger partial charge on any atom is 0.238 e. The van der Waals surface area contributed by atoms with Crippen LogP contribution in [0, 0.1) is 16.7 Å². The van der Waals surface area contributed by atoms with Gasteiger partial charge in [-0.15, -0.1) is 0 Å². The average molecular weight is 295 g/mol. The molecule has 0 aliphatic rings. The van der Waals surface area contributed by atoms with Crippen LogP contribution < -0.4 is 10.5 Å². The molecule has 0 amide bonds. The van der Waals surface area contributed by atoms with Gasteiger partial charge in [0.25, 0.3) is 0 Å². The maximum atomic E-state index is 11.3. The number of rotatable bonds is 7. The summed E-state index contributed by atoms with van der Waals surface area (Å²) in [6.07, 6.45) is 1.36. The van der Waals surface area contributed by atoms with Gasteiger partial charge in [0, 0.05) is 19.5 Å². The minimum Gasteiger partial charge on any atom is -0.312 e. The first-order chi connectivity index (χ1) is 9.24. The monoisotopic (exact) mass is 295 g/mol. The predicted molar refractivity (Wildman–Crippen MR) is 78.1 cm³/mol. The zero-order valence-electron chi connectivity index (χ0n) is 11.9. The largest absolute Gasteiger partial charge is 0.312 e. The molecule has 0 aliphatic heterocycles. The molecule has 110 valence electrons. The minimum absolute atomic E-state index is 0.0350. The van der Waals surface area contributed by atoms with Crippen LogP contribution >= 0.6 is 0 Å². The van der Waals surface area contributed by atoms with Crippen molar-refractivity contribution in [1.82, 2.24) is 5.32 Å². The zero-order chi connectivity index (χ0) is 15.2. The average Bonchev–Trinajstić information content (AvgIpc) is 2.36. The van der Waals surface area contributed by atoms with Crippen LogP contribution in [0.25, 0.3) is 0 Å². The Morgan fingerprint density at radius 1 is 1.40 bits per heavy atom. The number of nitriles is 1. The molecule has 1 aromatic rings. The van der Waals surface area contributed by atoms with Crippen LogP contribution in [0.4, 0.5) is 0 Å². The van der Waals surface area contributed by atoms with Crippen LogP contribution in [-0.4, -0.2) is 15.0 Å². The lowest BCUT2D eigenvalue weighted by Crippen LogP contribution is -2.29. The fourth-order valence-corrected chi connectivity index (χ4v) is 2.44. The zero-order valence-corrected chi connectivity index (χ0v) is 12.7. The second-order valence-electron chi connectivity index (χ2n) is 5.62. The van der Waals surface area contributed by atoms with Crippen LogP contribution in [-0.2, 0) is 16.6 Å². The predicted octanol–water partition coefficient (Wildman–Crippen LogP) is 1.75. The molecule has 0 fully saturated rings. The van der Waals surface area contributed by atoms with Crippen LogP contribution in [0.2, 0.25) is 0 Å². The summed E-state index contributed by atoms with van der Waals surface area (Å²) in [7, 11) is -3.65. The summed E-state index contributed by atoms with van der Waals surface area (Å²) in [5, 5.41) is 17.0. The van der Waals surface area contributed by atoms with Gasteiger partial charge in [-0.25, -0.2) is 13.6 Å². The standard InChI is InChI=1S/C14H21N3O2S/c1-14(2,7-4-8-15)11-17-10-12-5-3-6-13(9-12)20(16,18)19/h3,5-6,9,17H,4,7,10-11H2,1-2H3,(H2,16,18,19). The molecule has 0 saturated carbocycles. The van der Waals surface area contributed by atoms with Gasteiger partial charge in [-0.2, -0.15) is 5.26 Å². The lowest BCUT2D eigenvalue weighted by molar-refractivity contribution is 0.317. The highest BCUT2D eigenvalue weighted by molar-refractivity contribution is 7.89. The fraction of sp³-hybridized carbons (Fsp3) is 0.500. The molecule has 3 N–H and O–H groups in total. The Morgan fingerprint density at radius 2 is 2.10 bits per heavy atom. The van der Waals surface area contributed by atoms with E-state index >= 15 is 0 Å². The second kappa shape index (κ2) is 6.84. The first-order valence-electron chi connectivity index (χ1n) is 6.44. The molecule has 0 aromatic heterocycles. The molecule has 1 aromatic carbocycles. The highest BCUT2D eigenvalue weighted by Gasteiger charge is 2.16. The summed E-state index contributed by atoms with van der Waals surface area (Å²) >= 11 is 0. The summed E-state index contributed by atoms with van der Waals surface area (Å²) in [4.78, 5) is 0.126. The van der Waals surface area contributed by atoms with Gasteiger partial charge >= 0.3 is 0 Å². The number of nitrogens with one attached hydrogen (secondary N) is 1. The Hall–Kier alpha value is -1.42. The molecule has 0 saturated heterocycles. The van der Waals surface area contributed by atoms with Gasteiger partial charge in [0.2, 0.25) is 10.0 Å². The van der Waals surface area contributed by atoms with E-state index in [0.29, 0.717) is 13.0 Å². The number of hydrogen-bond donors (Lipinski definition) is 2. The van der Waals surface area contributed by atoms with Crippen molar-refractivity contribution >= 4 is 10.0 Å². The number of benzene rings is 1. The first kappa shape index (κ1) is 16.6. The molecule has 0 atom stereocenters. The van der Waals surface area contributed by atoms with Gasteiger partial charge in [0.05, 0.1) is 11.0 Å². The van der Waals surface area contributed by atoms with Crippen molar-refractivity contribution in [2.75, 3.05) is 6.54 Å². The highest BCUT2D eigenvalue weighted by atomic mass is 32.2. The van der Waals surface area contributed by atoms with E-state index < -0.39 is 10.0 Å². The Labute approximate surface area is 120 Å². The van der Waals surface area contributed by atoms with E-state index in [9.17, 15) is 8.42 Å². The van der Waals surface area contributed by atoms with Gasteiger partial charge in [-0.1, -0.05) is 26.0 Å². The Balaban J connectivity index is 2.57. The van der Waals surface area contributed by atoms with Crippen LogP contribution in [0.15, 0.2) is 29.2 Å². The minimum atomic E-state index is -3.65. The van der Waals surface area contributed by atoms with Crippen molar-refractivity contribution < 1.29 is 8.42 Å². The first-order valence-corrected chi connectivity index (χ1v) is 7.99. The molecule has 20 heavy (non-hydrogen) atoms. The molecular formula is C14H21N3O2S. The molecule has 6 heteroatoms. The number of sulfonamides is 1. The van der Waals surface area contributed by atoms with Crippen LogP contribution in [0.5, 0.6) is 0 Å². The molecule has 0 aliphatic carbocycles. The Kier molecular flexibility index (Phi) is 5.69. The van der Waals surface area contributed by atoms with Crippen LogP contribution in [0.1, 0.15) is 32.3 Å². The molecule has 1 rings (SSSR count). The fourth-order valence-electron chi connectivity index (χ4n) is 1.86. The SMILES string of the molecule is CC(C)(CCC#N)CNCc1cccc(S(N)(=O)=O)c1. The smallest absolute Gasteiger partial charge is 0.238 e. The van der Waals surface area contributed by atoms with E-state index in [1.165, 1.54) is 6.07 Å². The maximum absolute atomic E-state index is 11.3. The Morgan fingerprint density at radius 3 is 2.70 bits per heavy atom. The van der Waals surface area contributed by atoms with E-state index in [1.807, 2.05) is 6.07 Å². The normalized spacial score (nSPS) is 12.1. The van der Waals surface area contributed by atoms with Crippen molar-refractivity contribution in [3.63, 3.8) is 0 Å². The molecule has 5 nitrogen and oxygen atoms in total. The van der Waals surface area contributed by atoms with Crippen molar-refractivity contribution in [2.24, 2.45) is 10.6 Å². The molecule has 0 unspecified atom stereocenters. The number of primary sulfonamides is 1. The van der Waals surface area contributed by atoms with E-state index in [4.69, 9.17) is 10.4 Å². The van der Waals surface area contributed by atoms with Gasteiger partial charge in [0.1, 0.15) is 0 Å². The van der Waals surface area contributed by atoms with E-state index in [-0.39, 0.29) is 10.3 Å². The summed E-state index contributed by atoms with van der Waals surface area (Å²) in [5.74, 6) is 0. The van der Waals surface area contributed by atoms with Gasteiger partial charge in [-0.3, -0.25) is 0 Å². The van der Waals surface area contributed by atoms with Crippen molar-refractivity contribution in [2.45, 2.75) is 38.1 Å². The summed E-state index contributed by atoms with van der Waals surface area (Å²) in [6, 6.07) is 8.73. The number of hydrogen-bond acceptors (Lipinski definition) is 4.